The summed E-state index contributed by atoms with van der Waals surface area (Å²) in [7, 11) is 5.21. The average Bonchev–Trinajstić information content (AvgIpc) is 4.21. The number of alkyl halides is 5. The normalized spacial score (nSPS) is 12.8. The lowest BCUT2D eigenvalue weighted by Crippen LogP contribution is -2.56. The minimum absolute atomic E-state index is 0.0322. The van der Waals surface area contributed by atoms with Gasteiger partial charge in [-0.25, -0.2) is 15.0 Å². The highest BCUT2D eigenvalue weighted by atomic mass is 19.4. The van der Waals surface area contributed by atoms with Crippen molar-refractivity contribution >= 4 is 34.8 Å². The topological polar surface area (TPSA) is 221 Å². The Morgan fingerprint density at radius 2 is 0.875 bits per heavy atom. The molecule has 0 aliphatic carbocycles. The molecule has 80 heavy (non-hydrogen) atoms. The summed E-state index contributed by atoms with van der Waals surface area (Å²) in [5.41, 5.74) is -3.58. The van der Waals surface area contributed by atoms with Crippen molar-refractivity contribution in [3.05, 3.63) is 182 Å². The van der Waals surface area contributed by atoms with E-state index >= 15 is 14.4 Å². The number of oxazole rings is 3. The standard InChI is InChI=1S/C57H45F5N6O12/c1-72-43-16-10-7-13-40(43)56(54(71)68-34-19-22-37(46(25-34)75-4)49-28-65-31-78-49,50(38-11-5-8-14-41(38)79-55(58)59)52(69)66-32-17-20-35(44(23-32)73-2)47-26-63-29-76-47)51(39-12-6-9-15-42(39)80-57(60,61)62)53(70)67-33-18-21-36(45(24-33)74-3)48-27-64-30-77-48/h5-31,50-51,55H,1-4H3,(H,66,69)(H,67,70)(H,68,71). The minimum atomic E-state index is -5.44. The molecule has 0 saturated heterocycles. The number of amides is 3. The summed E-state index contributed by atoms with van der Waals surface area (Å²) in [6.07, 6.45) is 2.33. The van der Waals surface area contributed by atoms with Crippen LogP contribution in [-0.2, 0) is 19.8 Å². The van der Waals surface area contributed by atoms with Crippen molar-refractivity contribution in [1.82, 2.24) is 15.0 Å². The lowest BCUT2D eigenvalue weighted by atomic mass is 9.56. The molecule has 0 aliphatic heterocycles. The zero-order valence-corrected chi connectivity index (χ0v) is 42.5. The van der Waals surface area contributed by atoms with Gasteiger partial charge in [-0.15, -0.1) is 13.2 Å². The molecule has 9 rings (SSSR count). The molecular formula is C57H45F5N6O12. The number of carbonyl (C=O) groups is 3. The molecule has 3 aromatic heterocycles. The van der Waals surface area contributed by atoms with E-state index in [0.29, 0.717) is 16.7 Å². The van der Waals surface area contributed by atoms with Crippen LogP contribution in [-0.4, -0.2) is 74.1 Å². The number of halogens is 5. The Morgan fingerprint density at radius 3 is 1.27 bits per heavy atom. The Hall–Kier alpha value is -10.2. The van der Waals surface area contributed by atoms with E-state index in [2.05, 4.69) is 30.9 Å². The molecule has 3 N–H and O–H groups in total. The molecule has 0 aliphatic rings. The molecule has 3 amide bonds. The maximum absolute atomic E-state index is 16.9. The van der Waals surface area contributed by atoms with Crippen LogP contribution in [0.3, 0.4) is 0 Å². The van der Waals surface area contributed by atoms with Crippen LogP contribution < -0.4 is 44.4 Å². The maximum atomic E-state index is 16.9. The van der Waals surface area contributed by atoms with Crippen LogP contribution in [0.5, 0.6) is 34.5 Å². The summed E-state index contributed by atoms with van der Waals surface area (Å²) in [5.74, 6) is -9.31. The zero-order chi connectivity index (χ0) is 56.6. The summed E-state index contributed by atoms with van der Waals surface area (Å²) in [5, 5.41) is 8.36. The SMILES string of the molecule is COc1cc(NC(=O)C(c2ccccc2OC(F)F)C(C(=O)Nc2ccc(-c3cnco3)c(OC)c2)(c2ccccc2OC)C(C(=O)Nc2ccc(-c3cnco3)c(OC)c2)c2ccccc2OC(F)(F)F)ccc1-c1cnco1. The first kappa shape index (κ1) is 54.6. The van der Waals surface area contributed by atoms with Crippen LogP contribution >= 0.6 is 0 Å². The first-order valence-electron chi connectivity index (χ1n) is 23.8. The summed E-state index contributed by atoms with van der Waals surface area (Å²) in [6.45, 7) is -3.56. The van der Waals surface area contributed by atoms with E-state index in [1.807, 2.05) is 0 Å². The molecule has 0 saturated carbocycles. The highest BCUT2D eigenvalue weighted by Gasteiger charge is 2.62. The zero-order valence-electron chi connectivity index (χ0n) is 42.5. The number of hydrogen-bond donors (Lipinski definition) is 3. The maximum Gasteiger partial charge on any atom is 0.573 e. The van der Waals surface area contributed by atoms with Crippen LogP contribution in [0.15, 0.2) is 178 Å². The van der Waals surface area contributed by atoms with Gasteiger partial charge in [0.05, 0.1) is 75.6 Å². The van der Waals surface area contributed by atoms with Crippen LogP contribution in [0.25, 0.3) is 34.0 Å². The largest absolute Gasteiger partial charge is 0.573 e. The van der Waals surface area contributed by atoms with E-state index in [1.165, 1.54) is 175 Å². The molecule has 6 aromatic carbocycles. The molecule has 0 radical (unpaired) electrons. The quantitative estimate of drug-likeness (QED) is 0.0570. The average molecular weight is 1100 g/mol. The van der Waals surface area contributed by atoms with Crippen LogP contribution in [0.1, 0.15) is 28.5 Å². The lowest BCUT2D eigenvalue weighted by molar-refractivity contribution is -0.275. The van der Waals surface area contributed by atoms with Gasteiger partial charge in [-0.05, 0) is 54.6 Å². The second-order valence-electron chi connectivity index (χ2n) is 17.2. The Morgan fingerprint density at radius 1 is 0.487 bits per heavy atom. The fourth-order valence-corrected chi connectivity index (χ4v) is 9.52. The number of hydrogen-bond acceptors (Lipinski definition) is 15. The van der Waals surface area contributed by atoms with E-state index in [4.69, 9.17) is 41.7 Å². The second-order valence-corrected chi connectivity index (χ2v) is 17.2. The number of ether oxygens (including phenoxy) is 6. The van der Waals surface area contributed by atoms with Gasteiger partial charge in [0.1, 0.15) is 39.9 Å². The van der Waals surface area contributed by atoms with Crippen molar-refractivity contribution < 1.29 is 78.0 Å². The van der Waals surface area contributed by atoms with Gasteiger partial charge in [-0.3, -0.25) is 14.4 Å². The smallest absolute Gasteiger partial charge is 0.496 e. The molecule has 410 valence electrons. The van der Waals surface area contributed by atoms with Crippen molar-refractivity contribution in [3.8, 4) is 68.5 Å². The number of anilines is 3. The monoisotopic (exact) mass is 1100 g/mol. The summed E-state index contributed by atoms with van der Waals surface area (Å²) < 4.78 is 124. The first-order chi connectivity index (χ1) is 38.7. The number of benzene rings is 6. The number of carbonyl (C=O) groups excluding carboxylic acids is 3. The van der Waals surface area contributed by atoms with E-state index in [1.54, 1.807) is 0 Å². The number of aromatic nitrogens is 3. The van der Waals surface area contributed by atoms with Gasteiger partial charge in [0, 0.05) is 52.0 Å². The number of para-hydroxylation sites is 3. The van der Waals surface area contributed by atoms with Gasteiger partial charge in [0.25, 0.3) is 0 Å². The van der Waals surface area contributed by atoms with E-state index in [-0.39, 0.29) is 62.9 Å². The third-order valence-electron chi connectivity index (χ3n) is 12.8. The van der Waals surface area contributed by atoms with Crippen molar-refractivity contribution in [2.45, 2.75) is 30.2 Å². The number of rotatable bonds is 21. The summed E-state index contributed by atoms with van der Waals surface area (Å²) in [4.78, 5) is 61.5. The highest BCUT2D eigenvalue weighted by Crippen LogP contribution is 2.57. The molecule has 0 fully saturated rings. The Bertz CT molecular complexity index is 3620. The van der Waals surface area contributed by atoms with Crippen LogP contribution in [0, 0.1) is 0 Å². The third kappa shape index (κ3) is 11.3. The van der Waals surface area contributed by atoms with Crippen molar-refractivity contribution in [3.63, 3.8) is 0 Å². The molecule has 0 bridgehead atoms. The Balaban J connectivity index is 1.39. The number of nitrogens with one attached hydrogen (secondary N) is 3. The summed E-state index contributed by atoms with van der Waals surface area (Å²) >= 11 is 0. The number of methoxy groups -OCH3 is 4. The van der Waals surface area contributed by atoms with Crippen molar-refractivity contribution in [2.75, 3.05) is 44.4 Å². The molecule has 3 heterocycles. The lowest BCUT2D eigenvalue weighted by Gasteiger charge is -2.45. The molecule has 23 heteroatoms. The van der Waals surface area contributed by atoms with Gasteiger partial charge in [0.2, 0.25) is 17.7 Å². The first-order valence-corrected chi connectivity index (χ1v) is 23.8. The van der Waals surface area contributed by atoms with E-state index in [9.17, 15) is 22.0 Å². The second kappa shape index (κ2) is 23.6. The van der Waals surface area contributed by atoms with E-state index in [0.717, 1.165) is 18.2 Å². The minimum Gasteiger partial charge on any atom is -0.496 e. The van der Waals surface area contributed by atoms with Gasteiger partial charge >= 0.3 is 13.0 Å². The van der Waals surface area contributed by atoms with Crippen LogP contribution in [0.4, 0.5) is 39.0 Å². The van der Waals surface area contributed by atoms with Gasteiger partial charge < -0.3 is 57.6 Å². The number of nitrogens with zero attached hydrogens (tertiary/aromatic N) is 3. The van der Waals surface area contributed by atoms with Gasteiger partial charge in [0.15, 0.2) is 36.5 Å². The Labute approximate surface area is 451 Å². The third-order valence-corrected chi connectivity index (χ3v) is 12.8. The van der Waals surface area contributed by atoms with E-state index < -0.39 is 70.6 Å². The Kier molecular flexibility index (Phi) is 16.1. The fraction of sp³-hybridized carbons (Fsp3) is 0.158. The summed E-state index contributed by atoms with van der Waals surface area (Å²) in [6, 6.07) is 27.9. The molecule has 0 spiro atoms. The predicted molar refractivity (Wildman–Crippen MR) is 278 cm³/mol. The van der Waals surface area contributed by atoms with Crippen LogP contribution in [0.2, 0.25) is 0 Å². The van der Waals surface area contributed by atoms with Crippen molar-refractivity contribution in [2.24, 2.45) is 0 Å². The molecule has 9 aromatic rings. The molecule has 18 nitrogen and oxygen atoms in total. The molecule has 3 unspecified atom stereocenters. The predicted octanol–water partition coefficient (Wildman–Crippen LogP) is 11.9. The van der Waals surface area contributed by atoms with Gasteiger partial charge in [-0.1, -0.05) is 54.6 Å². The van der Waals surface area contributed by atoms with Gasteiger partial charge in [-0.2, -0.15) is 8.78 Å². The highest BCUT2D eigenvalue weighted by molar-refractivity contribution is 6.14. The molecule has 3 atom stereocenters. The fourth-order valence-electron chi connectivity index (χ4n) is 9.52. The molecular weight excluding hydrogens is 1060 g/mol. The van der Waals surface area contributed by atoms with Crippen molar-refractivity contribution in [1.29, 1.82) is 0 Å².